The van der Waals surface area contributed by atoms with Gasteiger partial charge in [-0.05, 0) is 40.5 Å². The molecule has 0 N–H and O–H groups in total. The number of esters is 1. The van der Waals surface area contributed by atoms with Crippen molar-refractivity contribution in [1.29, 1.82) is 0 Å². The van der Waals surface area contributed by atoms with E-state index in [1.54, 1.807) is 13.8 Å². The summed E-state index contributed by atoms with van der Waals surface area (Å²) < 4.78 is 42.7. The molecule has 2 unspecified atom stereocenters. The molecule has 0 radical (unpaired) electrons. The molecule has 1 saturated carbocycles. The third kappa shape index (κ3) is 5.21. The van der Waals surface area contributed by atoms with Gasteiger partial charge in [0, 0.05) is 6.08 Å². The molecule has 6 heteroatoms. The van der Waals surface area contributed by atoms with Gasteiger partial charge in [-0.25, -0.2) is 0 Å². The Hall–Kier alpha value is -2.27. The molecule has 2 nitrogen and oxygen atoms in total. The average molecular weight is 425 g/mol. The van der Waals surface area contributed by atoms with Crippen molar-refractivity contribution in [3.05, 3.63) is 71.8 Å². The van der Waals surface area contributed by atoms with Crippen molar-refractivity contribution in [2.45, 2.75) is 33.6 Å². The fraction of sp³-hybridized carbons (Fsp3) is 0.348. The summed E-state index contributed by atoms with van der Waals surface area (Å²) in [5, 5.41) is 0. The second-order valence-corrected chi connectivity index (χ2v) is 7.79. The maximum absolute atomic E-state index is 12.5. The summed E-state index contributed by atoms with van der Waals surface area (Å²) in [7, 11) is 0. The van der Waals surface area contributed by atoms with Gasteiger partial charge in [0.1, 0.15) is 6.61 Å². The molecule has 0 heterocycles. The Kier molecular flexibility index (Phi) is 6.84. The second-order valence-electron chi connectivity index (χ2n) is 7.79. The van der Waals surface area contributed by atoms with E-state index in [1.807, 2.05) is 55.5 Å². The smallest absolute Gasteiger partial charge is 0.409 e. The SMILES string of the molecule is Cc1c(COC(=O)C2C(/C=C/C(F)(F)F)C2(C)C)cccc1-c1ccccc1.Cl. The molecule has 0 saturated heterocycles. The van der Waals surface area contributed by atoms with Gasteiger partial charge in [0.15, 0.2) is 0 Å². The Bertz CT molecular complexity index is 889. The number of hydrogen-bond donors (Lipinski definition) is 0. The summed E-state index contributed by atoms with van der Waals surface area (Å²) in [6, 6.07) is 15.7. The van der Waals surface area contributed by atoms with Crippen LogP contribution in [0.3, 0.4) is 0 Å². The highest BCUT2D eigenvalue weighted by molar-refractivity contribution is 5.85. The summed E-state index contributed by atoms with van der Waals surface area (Å²) in [6.07, 6.45) is -3.09. The number of halogens is 4. The lowest BCUT2D eigenvalue weighted by Gasteiger charge is -2.12. The average Bonchev–Trinajstić information content (AvgIpc) is 3.20. The molecule has 29 heavy (non-hydrogen) atoms. The maximum atomic E-state index is 12.5. The van der Waals surface area contributed by atoms with Crippen molar-refractivity contribution >= 4 is 18.4 Å². The van der Waals surface area contributed by atoms with Gasteiger partial charge >= 0.3 is 12.1 Å². The lowest BCUT2D eigenvalue weighted by Crippen LogP contribution is -2.11. The van der Waals surface area contributed by atoms with E-state index in [-0.39, 0.29) is 25.1 Å². The number of allylic oxidation sites excluding steroid dienone is 2. The minimum Gasteiger partial charge on any atom is -0.461 e. The number of carbonyl (C=O) groups is 1. The maximum Gasteiger partial charge on any atom is 0.409 e. The minimum atomic E-state index is -4.37. The van der Waals surface area contributed by atoms with Crippen LogP contribution in [0.2, 0.25) is 0 Å². The molecular weight excluding hydrogens is 401 g/mol. The molecule has 1 aliphatic rings. The second kappa shape index (κ2) is 8.62. The van der Waals surface area contributed by atoms with Crippen LogP contribution in [0.1, 0.15) is 25.0 Å². The summed E-state index contributed by atoms with van der Waals surface area (Å²) in [5.41, 5.74) is 3.51. The summed E-state index contributed by atoms with van der Waals surface area (Å²) >= 11 is 0. The van der Waals surface area contributed by atoms with E-state index in [9.17, 15) is 18.0 Å². The van der Waals surface area contributed by atoms with Crippen LogP contribution < -0.4 is 0 Å². The Morgan fingerprint density at radius 1 is 1.10 bits per heavy atom. The van der Waals surface area contributed by atoms with Crippen LogP contribution in [-0.4, -0.2) is 12.1 Å². The molecule has 0 amide bonds. The quantitative estimate of drug-likeness (QED) is 0.403. The third-order valence-corrected chi connectivity index (χ3v) is 5.56. The summed E-state index contributed by atoms with van der Waals surface area (Å²) in [6.45, 7) is 5.65. The monoisotopic (exact) mass is 424 g/mol. The zero-order valence-electron chi connectivity index (χ0n) is 16.5. The Labute approximate surface area is 175 Å². The van der Waals surface area contributed by atoms with Gasteiger partial charge in [-0.1, -0.05) is 68.5 Å². The summed E-state index contributed by atoms with van der Waals surface area (Å²) in [5.74, 6) is -1.46. The van der Waals surface area contributed by atoms with E-state index in [0.29, 0.717) is 0 Å². The topological polar surface area (TPSA) is 26.3 Å². The zero-order valence-corrected chi connectivity index (χ0v) is 17.3. The lowest BCUT2D eigenvalue weighted by molar-refractivity contribution is -0.147. The number of alkyl halides is 3. The van der Waals surface area contributed by atoms with Crippen molar-refractivity contribution in [2.24, 2.45) is 17.3 Å². The van der Waals surface area contributed by atoms with Crippen molar-refractivity contribution in [2.75, 3.05) is 0 Å². The molecule has 2 atom stereocenters. The zero-order chi connectivity index (χ0) is 20.5. The van der Waals surface area contributed by atoms with Gasteiger partial charge in [0.2, 0.25) is 0 Å². The highest BCUT2D eigenvalue weighted by atomic mass is 35.5. The van der Waals surface area contributed by atoms with Crippen molar-refractivity contribution in [3.8, 4) is 11.1 Å². The third-order valence-electron chi connectivity index (χ3n) is 5.56. The first-order valence-corrected chi connectivity index (χ1v) is 9.18. The predicted molar refractivity (Wildman–Crippen MR) is 110 cm³/mol. The van der Waals surface area contributed by atoms with Crippen LogP contribution >= 0.6 is 12.4 Å². The number of benzene rings is 2. The van der Waals surface area contributed by atoms with Gasteiger partial charge in [-0.3, -0.25) is 4.79 Å². The number of carbonyl (C=O) groups excluding carboxylic acids is 1. The van der Waals surface area contributed by atoms with E-state index in [0.717, 1.165) is 28.3 Å². The van der Waals surface area contributed by atoms with Crippen molar-refractivity contribution in [1.82, 2.24) is 0 Å². The molecule has 0 aromatic heterocycles. The van der Waals surface area contributed by atoms with Crippen molar-refractivity contribution in [3.63, 3.8) is 0 Å². The Balaban J connectivity index is 0.00000300. The predicted octanol–water partition coefficient (Wildman–Crippen LogP) is 6.52. The molecule has 0 spiro atoms. The molecule has 0 aliphatic heterocycles. The van der Waals surface area contributed by atoms with Gasteiger partial charge in [0.05, 0.1) is 5.92 Å². The molecular formula is C23H24ClF3O2. The Morgan fingerprint density at radius 2 is 1.76 bits per heavy atom. The van der Waals surface area contributed by atoms with E-state index >= 15 is 0 Å². The fourth-order valence-corrected chi connectivity index (χ4v) is 3.71. The fourth-order valence-electron chi connectivity index (χ4n) is 3.71. The minimum absolute atomic E-state index is 0. The van der Waals surface area contributed by atoms with Gasteiger partial charge < -0.3 is 4.74 Å². The Morgan fingerprint density at radius 3 is 2.38 bits per heavy atom. The van der Waals surface area contributed by atoms with Crippen LogP contribution in [0.25, 0.3) is 11.1 Å². The van der Waals surface area contributed by atoms with Gasteiger partial charge in [-0.15, -0.1) is 12.4 Å². The molecule has 156 valence electrons. The van der Waals surface area contributed by atoms with Crippen LogP contribution in [0, 0.1) is 24.2 Å². The first-order valence-electron chi connectivity index (χ1n) is 9.18. The first kappa shape index (κ1) is 23.0. The molecule has 1 aliphatic carbocycles. The first-order chi connectivity index (χ1) is 13.1. The summed E-state index contributed by atoms with van der Waals surface area (Å²) in [4.78, 5) is 12.5. The lowest BCUT2D eigenvalue weighted by atomic mass is 9.97. The van der Waals surface area contributed by atoms with E-state index < -0.39 is 29.4 Å². The molecule has 1 fully saturated rings. The van der Waals surface area contributed by atoms with Gasteiger partial charge in [0.25, 0.3) is 0 Å². The highest BCUT2D eigenvalue weighted by Gasteiger charge is 2.61. The van der Waals surface area contributed by atoms with E-state index in [2.05, 4.69) is 0 Å². The van der Waals surface area contributed by atoms with E-state index in [4.69, 9.17) is 4.74 Å². The number of hydrogen-bond acceptors (Lipinski definition) is 2. The standard InChI is InChI=1S/C23H23F3O2.ClH/c1-15-17(10-7-11-18(15)16-8-5-4-6-9-16)14-28-21(27)20-19(22(20,2)3)12-13-23(24,25)26;/h4-13,19-20H,14H2,1-3H3;1H/b13-12+;. The molecule has 2 aromatic carbocycles. The normalized spacial score (nSPS) is 20.2. The van der Waals surface area contributed by atoms with E-state index in [1.165, 1.54) is 0 Å². The van der Waals surface area contributed by atoms with Gasteiger partial charge in [-0.2, -0.15) is 13.2 Å². The molecule has 2 aromatic rings. The van der Waals surface area contributed by atoms with Crippen LogP contribution in [0.5, 0.6) is 0 Å². The van der Waals surface area contributed by atoms with Crippen molar-refractivity contribution < 1.29 is 22.7 Å². The largest absolute Gasteiger partial charge is 0.461 e. The molecule has 0 bridgehead atoms. The molecule has 3 rings (SSSR count). The highest BCUT2D eigenvalue weighted by Crippen LogP contribution is 2.59. The van der Waals surface area contributed by atoms with Crippen LogP contribution in [0.15, 0.2) is 60.7 Å². The van der Waals surface area contributed by atoms with Crippen LogP contribution in [-0.2, 0) is 16.1 Å². The number of ether oxygens (including phenoxy) is 1. The van der Waals surface area contributed by atoms with Crippen LogP contribution in [0.4, 0.5) is 13.2 Å². The number of rotatable bonds is 5.